The summed E-state index contributed by atoms with van der Waals surface area (Å²) in [7, 11) is 0. The summed E-state index contributed by atoms with van der Waals surface area (Å²) in [6.07, 6.45) is 1.88. The quantitative estimate of drug-likeness (QED) is 0.523. The Morgan fingerprint density at radius 2 is 1.75 bits per heavy atom. The van der Waals surface area contributed by atoms with E-state index in [0.717, 1.165) is 11.3 Å². The van der Waals surface area contributed by atoms with E-state index in [1.54, 1.807) is 0 Å². The molecule has 3 rings (SSSR count). The number of rotatable bonds is 2. The topological polar surface area (TPSA) is 12.9 Å². The van der Waals surface area contributed by atoms with Crippen LogP contribution in [-0.4, -0.2) is 4.98 Å². The summed E-state index contributed by atoms with van der Waals surface area (Å²) in [6.45, 7) is 4.40. The van der Waals surface area contributed by atoms with E-state index in [1.807, 2.05) is 18.3 Å². The molecule has 0 unspecified atom stereocenters. The molecule has 1 nitrogen and oxygen atoms in total. The van der Waals surface area contributed by atoms with Gasteiger partial charge in [0.2, 0.25) is 0 Å². The first-order valence-electron chi connectivity index (χ1n) is 6.61. The van der Waals surface area contributed by atoms with Crippen molar-refractivity contribution in [2.24, 2.45) is 0 Å². The van der Waals surface area contributed by atoms with Crippen LogP contribution in [0, 0.1) is 6.07 Å². The second-order valence-electron chi connectivity index (χ2n) is 5.10. The maximum absolute atomic E-state index is 4.47. The molecular formula is C18H16IrN-. The van der Waals surface area contributed by atoms with Gasteiger partial charge in [-0.3, -0.25) is 0 Å². The van der Waals surface area contributed by atoms with Crippen molar-refractivity contribution in [1.82, 2.24) is 4.98 Å². The van der Waals surface area contributed by atoms with Gasteiger partial charge in [0.05, 0.1) is 0 Å². The third kappa shape index (κ3) is 2.98. The van der Waals surface area contributed by atoms with Crippen molar-refractivity contribution in [3.05, 3.63) is 66.4 Å². The summed E-state index contributed by atoms with van der Waals surface area (Å²) < 4.78 is 0. The molecule has 2 aromatic carbocycles. The molecule has 0 aliphatic carbocycles. The Morgan fingerprint density at radius 1 is 1.00 bits per heavy atom. The second kappa shape index (κ2) is 6.30. The summed E-state index contributed by atoms with van der Waals surface area (Å²) in [5.41, 5.74) is 3.37. The summed E-state index contributed by atoms with van der Waals surface area (Å²) in [4.78, 5) is 4.47. The Labute approximate surface area is 133 Å². The van der Waals surface area contributed by atoms with Crippen molar-refractivity contribution < 1.29 is 20.1 Å². The van der Waals surface area contributed by atoms with Crippen LogP contribution in [-0.2, 0) is 20.1 Å². The number of aromatic nitrogens is 1. The fraction of sp³-hybridized carbons (Fsp3) is 0.167. The third-order valence-corrected chi connectivity index (χ3v) is 3.41. The van der Waals surface area contributed by atoms with E-state index >= 15 is 0 Å². The van der Waals surface area contributed by atoms with Crippen molar-refractivity contribution in [1.29, 1.82) is 0 Å². The molecule has 1 radical (unpaired) electrons. The minimum atomic E-state index is 0. The summed E-state index contributed by atoms with van der Waals surface area (Å²) in [5.74, 6) is 0.516. The van der Waals surface area contributed by atoms with E-state index in [9.17, 15) is 0 Å². The summed E-state index contributed by atoms with van der Waals surface area (Å²) >= 11 is 0. The van der Waals surface area contributed by atoms with Gasteiger partial charge < -0.3 is 4.98 Å². The smallest absolute Gasteiger partial charge is 0.0163 e. The van der Waals surface area contributed by atoms with Crippen LogP contribution in [0.4, 0.5) is 0 Å². The molecule has 0 fully saturated rings. The molecule has 0 aliphatic heterocycles. The predicted molar refractivity (Wildman–Crippen MR) is 80.1 cm³/mol. The van der Waals surface area contributed by atoms with Crippen molar-refractivity contribution >= 4 is 10.8 Å². The average Bonchev–Trinajstić information content (AvgIpc) is 2.47. The molecule has 0 amide bonds. The van der Waals surface area contributed by atoms with E-state index in [4.69, 9.17) is 0 Å². The van der Waals surface area contributed by atoms with Gasteiger partial charge in [0.1, 0.15) is 0 Å². The molecule has 0 bridgehead atoms. The average molecular weight is 439 g/mol. The van der Waals surface area contributed by atoms with Crippen molar-refractivity contribution in [2.45, 2.75) is 19.8 Å². The van der Waals surface area contributed by atoms with Gasteiger partial charge in [-0.2, -0.15) is 0 Å². The van der Waals surface area contributed by atoms with Crippen LogP contribution >= 0.6 is 0 Å². The Balaban J connectivity index is 0.00000147. The SMILES string of the molecule is CC(C)c1ccnc(-c2[c-]cc3ccccc3c2)c1.[Ir]. The third-order valence-electron chi connectivity index (χ3n) is 3.41. The van der Waals surface area contributed by atoms with E-state index in [0.29, 0.717) is 5.92 Å². The maximum Gasteiger partial charge on any atom is 0.0163 e. The van der Waals surface area contributed by atoms with Gasteiger partial charge in [-0.15, -0.1) is 29.1 Å². The standard InChI is InChI=1S/C18H16N.Ir/c1-13(2)15-9-10-19-18(12-15)17-8-7-14-5-3-4-6-16(14)11-17;/h3-7,9-13H,1-2H3;/q-1;. The van der Waals surface area contributed by atoms with Gasteiger partial charge in [0.15, 0.2) is 0 Å². The zero-order chi connectivity index (χ0) is 13.2. The Bertz CT molecular complexity index is 719. The van der Waals surface area contributed by atoms with Gasteiger partial charge in [0.25, 0.3) is 0 Å². The number of fused-ring (bicyclic) bond motifs is 1. The number of hydrogen-bond donors (Lipinski definition) is 0. The fourth-order valence-electron chi connectivity index (χ4n) is 2.23. The Kier molecular flexibility index (Phi) is 4.69. The molecule has 0 aliphatic rings. The Hall–Kier alpha value is -1.50. The monoisotopic (exact) mass is 439 g/mol. The largest absolute Gasteiger partial charge is 0.305 e. The molecule has 20 heavy (non-hydrogen) atoms. The minimum Gasteiger partial charge on any atom is -0.305 e. The van der Waals surface area contributed by atoms with Crippen LogP contribution in [0.5, 0.6) is 0 Å². The van der Waals surface area contributed by atoms with E-state index < -0.39 is 0 Å². The van der Waals surface area contributed by atoms with Gasteiger partial charge in [-0.25, -0.2) is 0 Å². The molecule has 0 saturated heterocycles. The molecule has 1 aromatic heterocycles. The van der Waals surface area contributed by atoms with Crippen molar-refractivity contribution in [3.8, 4) is 11.3 Å². The second-order valence-corrected chi connectivity index (χ2v) is 5.10. The minimum absolute atomic E-state index is 0. The molecule has 103 valence electrons. The Morgan fingerprint density at radius 3 is 2.50 bits per heavy atom. The maximum atomic E-state index is 4.47. The molecule has 0 N–H and O–H groups in total. The van der Waals surface area contributed by atoms with Crippen LogP contribution in [0.3, 0.4) is 0 Å². The van der Waals surface area contributed by atoms with Gasteiger partial charge in [0, 0.05) is 26.3 Å². The number of benzene rings is 2. The molecule has 3 aromatic rings. The number of pyridine rings is 1. The van der Waals surface area contributed by atoms with Crippen LogP contribution in [0.2, 0.25) is 0 Å². The zero-order valence-corrected chi connectivity index (χ0v) is 13.9. The predicted octanol–water partition coefficient (Wildman–Crippen LogP) is 4.82. The molecule has 0 spiro atoms. The molecule has 2 heteroatoms. The van der Waals surface area contributed by atoms with Crippen LogP contribution < -0.4 is 0 Å². The summed E-state index contributed by atoms with van der Waals surface area (Å²) in [5, 5.41) is 2.44. The van der Waals surface area contributed by atoms with Crippen LogP contribution in [0.1, 0.15) is 25.3 Å². The van der Waals surface area contributed by atoms with Crippen LogP contribution in [0.15, 0.2) is 54.7 Å². The molecule has 0 saturated carbocycles. The number of nitrogens with zero attached hydrogens (tertiary/aromatic N) is 1. The normalized spacial score (nSPS) is 10.6. The zero-order valence-electron chi connectivity index (χ0n) is 11.6. The first kappa shape index (κ1) is 14.9. The van der Waals surface area contributed by atoms with E-state index in [-0.39, 0.29) is 20.1 Å². The van der Waals surface area contributed by atoms with Gasteiger partial charge in [-0.1, -0.05) is 55.1 Å². The molecule has 0 atom stereocenters. The van der Waals surface area contributed by atoms with Crippen molar-refractivity contribution in [3.63, 3.8) is 0 Å². The van der Waals surface area contributed by atoms with E-state index in [1.165, 1.54) is 16.3 Å². The molecular weight excluding hydrogens is 422 g/mol. The van der Waals surface area contributed by atoms with Gasteiger partial charge in [-0.05, 0) is 17.7 Å². The number of hydrogen-bond acceptors (Lipinski definition) is 1. The first-order valence-corrected chi connectivity index (χ1v) is 6.61. The fourth-order valence-corrected chi connectivity index (χ4v) is 2.23. The summed E-state index contributed by atoms with van der Waals surface area (Å²) in [6, 6.07) is 20.1. The molecule has 1 heterocycles. The van der Waals surface area contributed by atoms with Crippen molar-refractivity contribution in [2.75, 3.05) is 0 Å². The van der Waals surface area contributed by atoms with E-state index in [2.05, 4.69) is 61.3 Å². The first-order chi connectivity index (χ1) is 9.24. The van der Waals surface area contributed by atoms with Gasteiger partial charge >= 0.3 is 0 Å². The van der Waals surface area contributed by atoms with Crippen LogP contribution in [0.25, 0.3) is 22.0 Å².